The molecule has 0 saturated heterocycles. The molecule has 3 aromatic carbocycles. The SMILES string of the molecule is COc1ccc(NC(=O)CN(C)C2c3ccccc3-c3ccccc32)cc1. The van der Waals surface area contributed by atoms with Crippen LogP contribution in [0, 0.1) is 0 Å². The van der Waals surface area contributed by atoms with Crippen molar-refractivity contribution in [3.05, 3.63) is 83.9 Å². The fourth-order valence-electron chi connectivity index (χ4n) is 3.80. The molecular weight excluding hydrogens is 336 g/mol. The van der Waals surface area contributed by atoms with Gasteiger partial charge in [-0.1, -0.05) is 48.5 Å². The Morgan fingerprint density at radius 2 is 1.48 bits per heavy atom. The number of carbonyl (C=O) groups excluding carboxylic acids is 1. The van der Waals surface area contributed by atoms with E-state index in [4.69, 9.17) is 4.74 Å². The van der Waals surface area contributed by atoms with Gasteiger partial charge in [-0.3, -0.25) is 9.69 Å². The van der Waals surface area contributed by atoms with Gasteiger partial charge in [0.2, 0.25) is 5.91 Å². The van der Waals surface area contributed by atoms with Crippen LogP contribution in [0.3, 0.4) is 0 Å². The second kappa shape index (κ2) is 7.25. The third-order valence-corrected chi connectivity index (χ3v) is 5.01. The third kappa shape index (κ3) is 3.32. The van der Waals surface area contributed by atoms with Gasteiger partial charge in [-0.15, -0.1) is 0 Å². The zero-order chi connectivity index (χ0) is 18.8. The topological polar surface area (TPSA) is 41.6 Å². The average molecular weight is 358 g/mol. The van der Waals surface area contributed by atoms with Crippen molar-refractivity contribution in [2.24, 2.45) is 0 Å². The number of rotatable bonds is 5. The summed E-state index contributed by atoms with van der Waals surface area (Å²) in [6.45, 7) is 0.305. The molecular formula is C23H22N2O2. The smallest absolute Gasteiger partial charge is 0.238 e. The molecule has 4 rings (SSSR count). The highest BCUT2D eigenvalue weighted by Gasteiger charge is 2.31. The average Bonchev–Trinajstić information content (AvgIpc) is 3.03. The number of hydrogen-bond acceptors (Lipinski definition) is 3. The zero-order valence-electron chi connectivity index (χ0n) is 15.5. The van der Waals surface area contributed by atoms with Crippen LogP contribution < -0.4 is 10.1 Å². The van der Waals surface area contributed by atoms with E-state index in [2.05, 4.69) is 58.7 Å². The fourth-order valence-corrected chi connectivity index (χ4v) is 3.80. The van der Waals surface area contributed by atoms with Crippen LogP contribution in [0.25, 0.3) is 11.1 Å². The van der Waals surface area contributed by atoms with Crippen molar-refractivity contribution in [2.75, 3.05) is 26.0 Å². The molecule has 0 radical (unpaired) electrons. The van der Waals surface area contributed by atoms with Crippen molar-refractivity contribution in [2.45, 2.75) is 6.04 Å². The van der Waals surface area contributed by atoms with E-state index in [1.54, 1.807) is 7.11 Å². The van der Waals surface area contributed by atoms with Gasteiger partial charge in [0.15, 0.2) is 0 Å². The Morgan fingerprint density at radius 3 is 2.04 bits per heavy atom. The van der Waals surface area contributed by atoms with E-state index in [-0.39, 0.29) is 11.9 Å². The Balaban J connectivity index is 1.52. The van der Waals surface area contributed by atoms with Crippen LogP contribution in [0.1, 0.15) is 17.2 Å². The summed E-state index contributed by atoms with van der Waals surface area (Å²) in [6, 6.07) is 24.3. The lowest BCUT2D eigenvalue weighted by molar-refractivity contribution is -0.117. The van der Waals surface area contributed by atoms with Gasteiger partial charge in [-0.2, -0.15) is 0 Å². The number of methoxy groups -OCH3 is 1. The standard InChI is InChI=1S/C23H22N2O2/c1-25(15-22(26)24-16-11-13-17(27-2)14-12-16)23-20-9-5-3-7-18(20)19-8-4-6-10-21(19)23/h3-14,23H,15H2,1-2H3,(H,24,26). The van der Waals surface area contributed by atoms with Crippen molar-refractivity contribution in [3.63, 3.8) is 0 Å². The van der Waals surface area contributed by atoms with Gasteiger partial charge < -0.3 is 10.1 Å². The van der Waals surface area contributed by atoms with E-state index >= 15 is 0 Å². The number of benzene rings is 3. The van der Waals surface area contributed by atoms with Gasteiger partial charge in [0.05, 0.1) is 19.7 Å². The summed E-state index contributed by atoms with van der Waals surface area (Å²) < 4.78 is 5.15. The molecule has 3 aromatic rings. The monoisotopic (exact) mass is 358 g/mol. The lowest BCUT2D eigenvalue weighted by atomic mass is 10.0. The Bertz CT molecular complexity index is 921. The van der Waals surface area contributed by atoms with Crippen molar-refractivity contribution in [1.29, 1.82) is 0 Å². The summed E-state index contributed by atoms with van der Waals surface area (Å²) in [5.74, 6) is 0.730. The zero-order valence-corrected chi connectivity index (χ0v) is 15.5. The van der Waals surface area contributed by atoms with Crippen LogP contribution in [-0.2, 0) is 4.79 Å². The summed E-state index contributed by atoms with van der Waals surface area (Å²) in [5.41, 5.74) is 5.76. The minimum atomic E-state index is -0.0375. The Kier molecular flexibility index (Phi) is 4.65. The first-order valence-corrected chi connectivity index (χ1v) is 9.00. The maximum atomic E-state index is 12.6. The summed E-state index contributed by atoms with van der Waals surface area (Å²) in [5, 5.41) is 2.96. The van der Waals surface area contributed by atoms with Crippen molar-refractivity contribution in [1.82, 2.24) is 4.90 Å². The van der Waals surface area contributed by atoms with E-state index in [9.17, 15) is 4.79 Å². The normalized spacial score (nSPS) is 12.6. The molecule has 0 aliphatic heterocycles. The van der Waals surface area contributed by atoms with Gasteiger partial charge in [0.1, 0.15) is 5.75 Å². The maximum Gasteiger partial charge on any atom is 0.238 e. The highest BCUT2D eigenvalue weighted by molar-refractivity contribution is 5.92. The molecule has 0 bridgehead atoms. The first-order valence-electron chi connectivity index (χ1n) is 9.00. The van der Waals surface area contributed by atoms with Gasteiger partial charge in [0, 0.05) is 5.69 Å². The van der Waals surface area contributed by atoms with E-state index in [1.807, 2.05) is 31.3 Å². The maximum absolute atomic E-state index is 12.6. The molecule has 0 aromatic heterocycles. The van der Waals surface area contributed by atoms with E-state index < -0.39 is 0 Å². The lowest BCUT2D eigenvalue weighted by Crippen LogP contribution is -2.33. The van der Waals surface area contributed by atoms with Crippen LogP contribution in [0.4, 0.5) is 5.69 Å². The molecule has 1 amide bonds. The second-order valence-corrected chi connectivity index (χ2v) is 6.77. The van der Waals surface area contributed by atoms with Crippen LogP contribution in [0.15, 0.2) is 72.8 Å². The molecule has 4 nitrogen and oxygen atoms in total. The Morgan fingerprint density at radius 1 is 0.926 bits per heavy atom. The highest BCUT2D eigenvalue weighted by atomic mass is 16.5. The summed E-state index contributed by atoms with van der Waals surface area (Å²) in [4.78, 5) is 14.7. The minimum Gasteiger partial charge on any atom is -0.497 e. The summed E-state index contributed by atoms with van der Waals surface area (Å²) >= 11 is 0. The number of amides is 1. The molecule has 1 aliphatic carbocycles. The van der Waals surface area contributed by atoms with E-state index in [1.165, 1.54) is 22.3 Å². The number of nitrogens with zero attached hydrogens (tertiary/aromatic N) is 1. The first-order chi connectivity index (χ1) is 13.2. The van der Waals surface area contributed by atoms with Crippen molar-refractivity contribution in [3.8, 4) is 16.9 Å². The van der Waals surface area contributed by atoms with Crippen molar-refractivity contribution < 1.29 is 9.53 Å². The minimum absolute atomic E-state index is 0.0375. The largest absolute Gasteiger partial charge is 0.497 e. The number of anilines is 1. The highest BCUT2D eigenvalue weighted by Crippen LogP contribution is 2.45. The van der Waals surface area contributed by atoms with Crippen LogP contribution in [0.5, 0.6) is 5.75 Å². The molecule has 0 fully saturated rings. The van der Waals surface area contributed by atoms with Gasteiger partial charge >= 0.3 is 0 Å². The van der Waals surface area contributed by atoms with Crippen molar-refractivity contribution >= 4 is 11.6 Å². The molecule has 0 atom stereocenters. The summed E-state index contributed by atoms with van der Waals surface area (Å²) in [6.07, 6.45) is 0. The second-order valence-electron chi connectivity index (χ2n) is 6.77. The molecule has 1 N–H and O–H groups in total. The van der Waals surface area contributed by atoms with Gasteiger partial charge in [-0.05, 0) is 53.6 Å². The molecule has 136 valence electrons. The molecule has 0 spiro atoms. The number of fused-ring (bicyclic) bond motifs is 3. The fraction of sp³-hybridized carbons (Fsp3) is 0.174. The number of nitrogens with one attached hydrogen (secondary N) is 1. The number of likely N-dealkylation sites (N-methyl/N-ethyl adjacent to an activating group) is 1. The first kappa shape index (κ1) is 17.3. The number of hydrogen-bond donors (Lipinski definition) is 1. The molecule has 1 aliphatic rings. The summed E-state index contributed by atoms with van der Waals surface area (Å²) in [7, 11) is 3.62. The third-order valence-electron chi connectivity index (χ3n) is 5.01. The molecule has 0 unspecified atom stereocenters. The van der Waals surface area contributed by atoms with Crippen LogP contribution in [-0.4, -0.2) is 31.5 Å². The molecule has 27 heavy (non-hydrogen) atoms. The lowest BCUT2D eigenvalue weighted by Gasteiger charge is -2.25. The van der Waals surface area contributed by atoms with E-state index in [0.29, 0.717) is 6.54 Å². The molecule has 0 heterocycles. The number of carbonyl (C=O) groups is 1. The quantitative estimate of drug-likeness (QED) is 0.738. The predicted octanol–water partition coefficient (Wildman–Crippen LogP) is 4.34. The van der Waals surface area contributed by atoms with Gasteiger partial charge in [-0.25, -0.2) is 0 Å². The molecule has 4 heteroatoms. The van der Waals surface area contributed by atoms with E-state index in [0.717, 1.165) is 11.4 Å². The van der Waals surface area contributed by atoms with Gasteiger partial charge in [0.25, 0.3) is 0 Å². The number of ether oxygens (including phenoxy) is 1. The van der Waals surface area contributed by atoms with Crippen LogP contribution >= 0.6 is 0 Å². The Hall–Kier alpha value is -3.11. The van der Waals surface area contributed by atoms with Crippen LogP contribution in [0.2, 0.25) is 0 Å². The predicted molar refractivity (Wildman–Crippen MR) is 108 cm³/mol. The Labute approximate surface area is 159 Å². The molecule has 0 saturated carbocycles.